The highest BCUT2D eigenvalue weighted by atomic mass is 32.2. The second-order valence-corrected chi connectivity index (χ2v) is 8.12. The molecule has 0 fully saturated rings. The molecule has 0 bridgehead atoms. The maximum atomic E-state index is 12.8. The topological polar surface area (TPSA) is 135 Å². The van der Waals surface area contributed by atoms with E-state index in [-0.39, 0.29) is 17.7 Å². The molecule has 0 radical (unpaired) electrons. The van der Waals surface area contributed by atoms with Crippen LogP contribution in [0.4, 0.5) is 0 Å². The lowest BCUT2D eigenvalue weighted by Gasteiger charge is -2.38. The van der Waals surface area contributed by atoms with Crippen LogP contribution in [0.1, 0.15) is 22.3 Å². The number of aliphatic carboxylic acids is 1. The van der Waals surface area contributed by atoms with Crippen molar-refractivity contribution in [2.75, 3.05) is 12.0 Å². The molecular weight excluding hydrogens is 342 g/mol. The molecule has 2 atom stereocenters. The molecule has 0 saturated carbocycles. The van der Waals surface area contributed by atoms with Crippen molar-refractivity contribution in [3.05, 3.63) is 35.4 Å². The summed E-state index contributed by atoms with van der Waals surface area (Å²) in [6, 6.07) is 6.07. The fraction of sp³-hybridized carbons (Fsp3) is 0.429. The lowest BCUT2D eigenvalue weighted by atomic mass is 9.78. The Morgan fingerprint density at radius 3 is 2.52 bits per heavy atom. The monoisotopic (exact) mass is 359 g/mol. The molecule has 0 aliphatic heterocycles. The number of hydrogen-bond acceptors (Lipinski definition) is 6. The molecule has 2 rings (SSSR count). The van der Waals surface area contributed by atoms with Crippen LogP contribution in [0.25, 0.3) is 0 Å². The van der Waals surface area contributed by atoms with Gasteiger partial charge in [-0.25, -0.2) is 0 Å². The summed E-state index contributed by atoms with van der Waals surface area (Å²) in [4.78, 5) is 24.6. The smallest absolute Gasteiger partial charge is 0.325 e. The van der Waals surface area contributed by atoms with E-state index in [1.165, 1.54) is 30.0 Å². The second-order valence-electron chi connectivity index (χ2n) is 5.48. The first-order valence-electron chi connectivity index (χ1n) is 6.73. The molecule has 0 saturated heterocycles. The highest BCUT2D eigenvalue weighted by molar-refractivity contribution is 7.98. The van der Waals surface area contributed by atoms with E-state index in [9.17, 15) is 27.7 Å². The summed E-state index contributed by atoms with van der Waals surface area (Å²) in [7, 11) is -5.08. The van der Waals surface area contributed by atoms with Crippen LogP contribution in [0.15, 0.2) is 24.3 Å². The van der Waals surface area contributed by atoms with Gasteiger partial charge in [0.2, 0.25) is 0 Å². The van der Waals surface area contributed by atoms with Crippen molar-refractivity contribution < 1.29 is 27.7 Å². The summed E-state index contributed by atoms with van der Waals surface area (Å²) in [5.41, 5.74) is 3.95. The van der Waals surface area contributed by atoms with Crippen LogP contribution >= 0.6 is 11.8 Å². The highest BCUT2D eigenvalue weighted by Crippen LogP contribution is 2.44. The van der Waals surface area contributed by atoms with Crippen LogP contribution in [-0.4, -0.2) is 52.1 Å². The zero-order chi connectivity index (χ0) is 17.5. The summed E-state index contributed by atoms with van der Waals surface area (Å²) in [6.07, 6.45) is 0.967. The first-order chi connectivity index (χ1) is 10.6. The Balaban J connectivity index is 2.73. The van der Waals surface area contributed by atoms with Gasteiger partial charge in [0.15, 0.2) is 10.5 Å². The third-order valence-corrected chi connectivity index (χ3v) is 6.50. The number of nitrogens with two attached hydrogens (primary N) is 1. The van der Waals surface area contributed by atoms with Crippen molar-refractivity contribution in [2.24, 2.45) is 5.73 Å². The standard InChI is InChI=1S/C14H17NO6S2/c1-22-7-6-13(15,12(17)18)14(23(19,20)21)8-9-4-2-3-5-10(9)11(14)16/h2-5H,6-8,15H2,1H3,(H,17,18)(H,19,20,21). The van der Waals surface area contributed by atoms with Gasteiger partial charge in [-0.05, 0) is 24.0 Å². The zero-order valence-electron chi connectivity index (χ0n) is 12.4. The van der Waals surface area contributed by atoms with Gasteiger partial charge in [-0.1, -0.05) is 24.3 Å². The minimum absolute atomic E-state index is 0.0744. The lowest BCUT2D eigenvalue weighted by Crippen LogP contribution is -2.71. The van der Waals surface area contributed by atoms with E-state index in [1.807, 2.05) is 0 Å². The number of carbonyl (C=O) groups is 2. The van der Waals surface area contributed by atoms with E-state index < -0.39 is 38.6 Å². The van der Waals surface area contributed by atoms with Gasteiger partial charge in [0.1, 0.15) is 5.54 Å². The third-order valence-electron chi connectivity index (χ3n) is 4.31. The van der Waals surface area contributed by atoms with Crippen LogP contribution in [0.3, 0.4) is 0 Å². The maximum absolute atomic E-state index is 12.8. The Hall–Kier alpha value is -1.42. The molecule has 23 heavy (non-hydrogen) atoms. The number of thioether (sulfide) groups is 1. The third kappa shape index (κ3) is 2.47. The van der Waals surface area contributed by atoms with Gasteiger partial charge in [-0.3, -0.25) is 14.1 Å². The Morgan fingerprint density at radius 2 is 2.04 bits per heavy atom. The molecular formula is C14H17NO6S2. The van der Waals surface area contributed by atoms with E-state index in [4.69, 9.17) is 5.73 Å². The Morgan fingerprint density at radius 1 is 1.43 bits per heavy atom. The lowest BCUT2D eigenvalue weighted by molar-refractivity contribution is -0.144. The van der Waals surface area contributed by atoms with Gasteiger partial charge in [-0.15, -0.1) is 0 Å². The van der Waals surface area contributed by atoms with Crippen molar-refractivity contribution >= 4 is 33.6 Å². The largest absolute Gasteiger partial charge is 0.480 e. The molecule has 126 valence electrons. The van der Waals surface area contributed by atoms with Crippen LogP contribution < -0.4 is 5.73 Å². The van der Waals surface area contributed by atoms with Crippen molar-refractivity contribution in [1.82, 2.24) is 0 Å². The molecule has 0 amide bonds. The molecule has 0 aromatic heterocycles. The zero-order valence-corrected chi connectivity index (χ0v) is 14.0. The summed E-state index contributed by atoms with van der Waals surface area (Å²) < 4.78 is 31.4. The van der Waals surface area contributed by atoms with Crippen LogP contribution in [0.2, 0.25) is 0 Å². The van der Waals surface area contributed by atoms with Crippen LogP contribution in [-0.2, 0) is 21.3 Å². The van der Waals surface area contributed by atoms with Crippen molar-refractivity contribution in [3.8, 4) is 0 Å². The van der Waals surface area contributed by atoms with E-state index >= 15 is 0 Å². The fourth-order valence-electron chi connectivity index (χ4n) is 3.01. The summed E-state index contributed by atoms with van der Waals surface area (Å²) in [5, 5.41) is 9.58. The number of fused-ring (bicyclic) bond motifs is 1. The SMILES string of the molecule is CSCCC(N)(C(=O)O)C1(S(=O)(=O)O)Cc2ccccc2C1=O. The van der Waals surface area contributed by atoms with Crippen molar-refractivity contribution in [1.29, 1.82) is 0 Å². The molecule has 1 aliphatic rings. The second kappa shape index (κ2) is 5.90. The van der Waals surface area contributed by atoms with Crippen molar-refractivity contribution in [2.45, 2.75) is 23.1 Å². The number of benzene rings is 1. The summed E-state index contributed by atoms with van der Waals surface area (Å²) >= 11 is 1.27. The van der Waals surface area contributed by atoms with Gasteiger partial charge in [-0.2, -0.15) is 20.2 Å². The van der Waals surface area contributed by atoms with Gasteiger partial charge in [0.05, 0.1) is 0 Å². The Bertz CT molecular complexity index is 762. The fourth-order valence-corrected chi connectivity index (χ4v) is 4.86. The molecule has 1 aromatic carbocycles. The predicted octanol–water partition coefficient (Wildman–Crippen LogP) is 0.587. The molecule has 1 aromatic rings. The molecule has 0 heterocycles. The predicted molar refractivity (Wildman–Crippen MR) is 86.3 cm³/mol. The van der Waals surface area contributed by atoms with E-state index in [1.54, 1.807) is 12.3 Å². The average Bonchev–Trinajstić information content (AvgIpc) is 2.79. The van der Waals surface area contributed by atoms with Gasteiger partial charge in [0.25, 0.3) is 10.1 Å². The van der Waals surface area contributed by atoms with E-state index in [0.29, 0.717) is 5.56 Å². The normalized spacial score (nSPS) is 23.3. The maximum Gasteiger partial charge on any atom is 0.325 e. The number of carboxylic acids is 1. The molecule has 7 nitrogen and oxygen atoms in total. The average molecular weight is 359 g/mol. The number of hydrogen-bond donors (Lipinski definition) is 3. The first-order valence-corrected chi connectivity index (χ1v) is 9.56. The highest BCUT2D eigenvalue weighted by Gasteiger charge is 2.69. The number of ketones is 1. The number of carbonyl (C=O) groups excluding carboxylic acids is 1. The summed E-state index contributed by atoms with van der Waals surface area (Å²) in [6.45, 7) is 0. The van der Waals surface area contributed by atoms with Gasteiger partial charge in [0, 0.05) is 12.0 Å². The quantitative estimate of drug-likeness (QED) is 0.628. The summed E-state index contributed by atoms with van der Waals surface area (Å²) in [5.74, 6) is -2.38. The molecule has 4 N–H and O–H groups in total. The van der Waals surface area contributed by atoms with E-state index in [0.717, 1.165) is 0 Å². The number of rotatable bonds is 6. The van der Waals surface area contributed by atoms with E-state index in [2.05, 4.69) is 0 Å². The van der Waals surface area contributed by atoms with Gasteiger partial charge >= 0.3 is 5.97 Å². The van der Waals surface area contributed by atoms with Crippen LogP contribution in [0.5, 0.6) is 0 Å². The minimum atomic E-state index is -5.08. The van der Waals surface area contributed by atoms with Crippen molar-refractivity contribution in [3.63, 3.8) is 0 Å². The first kappa shape index (κ1) is 17.9. The Labute approximate surface area is 138 Å². The molecule has 9 heteroatoms. The van der Waals surface area contributed by atoms with Crippen LogP contribution in [0, 0.1) is 0 Å². The minimum Gasteiger partial charge on any atom is -0.480 e. The Kier molecular flexibility index (Phi) is 4.60. The van der Waals surface area contributed by atoms with Gasteiger partial charge < -0.3 is 10.8 Å². The molecule has 1 aliphatic carbocycles. The number of carboxylic acid groups (broad SMARTS) is 1. The number of Topliss-reactive ketones (excluding diaryl/α,β-unsaturated/α-hetero) is 1. The molecule has 2 unspecified atom stereocenters. The molecule has 0 spiro atoms.